The van der Waals surface area contributed by atoms with Crippen molar-refractivity contribution in [3.05, 3.63) is 34.8 Å². The number of aryl methyl sites for hydroxylation is 1. The number of hydrogen-bond acceptors (Lipinski definition) is 5. The molecule has 0 aromatic carbocycles. The van der Waals surface area contributed by atoms with Gasteiger partial charge in [0.25, 0.3) is 0 Å². The maximum absolute atomic E-state index is 12.6. The van der Waals surface area contributed by atoms with Crippen LogP contribution in [0.5, 0.6) is 0 Å². The first kappa shape index (κ1) is 14.7. The molecule has 0 bridgehead atoms. The minimum Gasteiger partial charge on any atom is -0.396 e. The van der Waals surface area contributed by atoms with Crippen molar-refractivity contribution < 1.29 is 13.5 Å². The molecule has 6 nitrogen and oxygen atoms in total. The Kier molecular flexibility index (Phi) is 3.87. The van der Waals surface area contributed by atoms with Crippen molar-refractivity contribution in [3.63, 3.8) is 0 Å². The van der Waals surface area contributed by atoms with Crippen LogP contribution in [0.1, 0.15) is 11.5 Å². The van der Waals surface area contributed by atoms with E-state index in [4.69, 9.17) is 0 Å². The van der Waals surface area contributed by atoms with Crippen LogP contribution in [0.2, 0.25) is 0 Å². The minimum atomic E-state index is -3.54. The summed E-state index contributed by atoms with van der Waals surface area (Å²) in [6, 6.07) is 2.00. The molecule has 2 unspecified atom stereocenters. The quantitative estimate of drug-likeness (QED) is 0.904. The lowest BCUT2D eigenvalue weighted by Gasteiger charge is -2.14. The zero-order valence-corrected chi connectivity index (χ0v) is 13.2. The monoisotopic (exact) mass is 327 g/mol. The number of sulfonamides is 1. The molecule has 0 spiro atoms. The average molecular weight is 327 g/mol. The zero-order valence-electron chi connectivity index (χ0n) is 11.6. The average Bonchev–Trinajstić information content (AvgIpc) is 3.17. The number of aromatic nitrogens is 2. The van der Waals surface area contributed by atoms with Gasteiger partial charge in [0.05, 0.1) is 6.20 Å². The van der Waals surface area contributed by atoms with E-state index in [9.17, 15) is 13.5 Å². The van der Waals surface area contributed by atoms with Crippen LogP contribution < -0.4 is 0 Å². The minimum absolute atomic E-state index is 0.0143. The second-order valence-electron chi connectivity index (χ2n) is 5.28. The molecule has 1 fully saturated rings. The predicted octanol–water partition coefficient (Wildman–Crippen LogP) is 0.878. The molecule has 1 N–H and O–H groups in total. The summed E-state index contributed by atoms with van der Waals surface area (Å²) in [5, 5.41) is 17.5. The van der Waals surface area contributed by atoms with Crippen molar-refractivity contribution in [2.45, 2.75) is 10.8 Å². The van der Waals surface area contributed by atoms with Crippen LogP contribution in [-0.2, 0) is 17.1 Å². The van der Waals surface area contributed by atoms with Gasteiger partial charge in [-0.1, -0.05) is 0 Å². The van der Waals surface area contributed by atoms with Crippen LogP contribution in [0.15, 0.2) is 34.1 Å². The largest absolute Gasteiger partial charge is 0.396 e. The number of aliphatic hydroxyl groups excluding tert-OH is 1. The summed E-state index contributed by atoms with van der Waals surface area (Å²) in [4.78, 5) is 0.202. The second-order valence-corrected chi connectivity index (χ2v) is 8.00. The van der Waals surface area contributed by atoms with E-state index in [2.05, 4.69) is 5.10 Å². The van der Waals surface area contributed by atoms with Gasteiger partial charge < -0.3 is 5.11 Å². The summed E-state index contributed by atoms with van der Waals surface area (Å²) in [7, 11) is -1.85. The summed E-state index contributed by atoms with van der Waals surface area (Å²) < 4.78 is 28.2. The summed E-state index contributed by atoms with van der Waals surface area (Å²) >= 11 is 1.58. The Balaban J connectivity index is 1.88. The standard InChI is InChI=1S/C13H17N3O3S2/c1-15-6-12(4-14-15)21(18,19)16-5-11(8-17)13(7-16)10-2-3-20-9-10/h2-4,6,9,11,13,17H,5,7-8H2,1H3. The zero-order chi connectivity index (χ0) is 15.0. The van der Waals surface area contributed by atoms with Crippen molar-refractivity contribution in [3.8, 4) is 0 Å². The van der Waals surface area contributed by atoms with Crippen molar-refractivity contribution in [1.82, 2.24) is 14.1 Å². The third-order valence-corrected chi connectivity index (χ3v) is 6.42. The van der Waals surface area contributed by atoms with Gasteiger partial charge in [-0.15, -0.1) is 0 Å². The second kappa shape index (κ2) is 5.53. The van der Waals surface area contributed by atoms with Gasteiger partial charge in [-0.25, -0.2) is 8.42 Å². The third kappa shape index (κ3) is 2.64. The molecule has 2 atom stereocenters. The van der Waals surface area contributed by atoms with E-state index < -0.39 is 10.0 Å². The predicted molar refractivity (Wildman–Crippen MR) is 79.6 cm³/mol. The molecule has 1 aliphatic rings. The van der Waals surface area contributed by atoms with Crippen LogP contribution in [0.3, 0.4) is 0 Å². The first-order chi connectivity index (χ1) is 10.0. The van der Waals surface area contributed by atoms with Gasteiger partial charge in [0.15, 0.2) is 0 Å². The molecule has 3 rings (SSSR count). The molecule has 114 valence electrons. The van der Waals surface area contributed by atoms with Crippen LogP contribution in [0, 0.1) is 5.92 Å². The lowest BCUT2D eigenvalue weighted by atomic mass is 9.92. The van der Waals surface area contributed by atoms with Crippen LogP contribution in [0.25, 0.3) is 0 Å². The molecule has 0 saturated carbocycles. The number of nitrogens with zero attached hydrogens (tertiary/aromatic N) is 3. The topological polar surface area (TPSA) is 75.4 Å². The Hall–Kier alpha value is -1.22. The van der Waals surface area contributed by atoms with Crippen LogP contribution in [-0.4, -0.2) is 47.3 Å². The Morgan fingerprint density at radius 1 is 1.48 bits per heavy atom. The summed E-state index contributed by atoms with van der Waals surface area (Å²) in [6.07, 6.45) is 2.86. The molecule has 1 saturated heterocycles. The van der Waals surface area contributed by atoms with Crippen LogP contribution in [0.4, 0.5) is 0 Å². The molecule has 21 heavy (non-hydrogen) atoms. The molecule has 0 radical (unpaired) electrons. The maximum Gasteiger partial charge on any atom is 0.246 e. The fourth-order valence-corrected chi connectivity index (χ4v) is 4.99. The van der Waals surface area contributed by atoms with Gasteiger partial charge in [0.1, 0.15) is 4.90 Å². The fraction of sp³-hybridized carbons (Fsp3) is 0.462. The van der Waals surface area contributed by atoms with Crippen molar-refractivity contribution in [2.24, 2.45) is 13.0 Å². The molecule has 0 aliphatic carbocycles. The van der Waals surface area contributed by atoms with E-state index in [1.807, 2.05) is 16.8 Å². The molecule has 1 aliphatic heterocycles. The summed E-state index contributed by atoms with van der Waals surface area (Å²) in [6.45, 7) is 0.729. The van der Waals surface area contributed by atoms with Gasteiger partial charge in [-0.05, 0) is 22.4 Å². The van der Waals surface area contributed by atoms with Gasteiger partial charge in [0.2, 0.25) is 10.0 Å². The highest BCUT2D eigenvalue weighted by Gasteiger charge is 2.40. The third-order valence-electron chi connectivity index (χ3n) is 3.93. The van der Waals surface area contributed by atoms with E-state index >= 15 is 0 Å². The van der Waals surface area contributed by atoms with E-state index in [1.54, 1.807) is 18.4 Å². The number of rotatable bonds is 4. The Bertz CT molecular complexity index is 709. The number of thiophene rings is 1. The van der Waals surface area contributed by atoms with Crippen molar-refractivity contribution >= 4 is 21.4 Å². The lowest BCUT2D eigenvalue weighted by molar-refractivity contribution is 0.223. The van der Waals surface area contributed by atoms with Gasteiger partial charge in [0, 0.05) is 44.8 Å². The van der Waals surface area contributed by atoms with E-state index in [0.29, 0.717) is 13.1 Å². The normalized spacial score (nSPS) is 23.7. The molecule has 2 aromatic heterocycles. The lowest BCUT2D eigenvalue weighted by Crippen LogP contribution is -2.29. The molecule has 3 heterocycles. The first-order valence-electron chi connectivity index (χ1n) is 6.64. The smallest absolute Gasteiger partial charge is 0.246 e. The molecule has 8 heteroatoms. The SMILES string of the molecule is Cn1cc(S(=O)(=O)N2CC(CO)C(c3ccsc3)C2)cn1. The molecule has 0 amide bonds. The Morgan fingerprint density at radius 3 is 2.86 bits per heavy atom. The number of aliphatic hydroxyl groups is 1. The van der Waals surface area contributed by atoms with E-state index in [0.717, 1.165) is 5.56 Å². The number of hydrogen-bond donors (Lipinski definition) is 1. The van der Waals surface area contributed by atoms with Crippen molar-refractivity contribution in [2.75, 3.05) is 19.7 Å². The van der Waals surface area contributed by atoms with Gasteiger partial charge in [-0.2, -0.15) is 20.7 Å². The molecular weight excluding hydrogens is 310 g/mol. The maximum atomic E-state index is 12.6. The Morgan fingerprint density at radius 2 is 2.29 bits per heavy atom. The van der Waals surface area contributed by atoms with Gasteiger partial charge in [-0.3, -0.25) is 4.68 Å². The van der Waals surface area contributed by atoms with E-state index in [1.165, 1.54) is 21.4 Å². The van der Waals surface area contributed by atoms with Crippen molar-refractivity contribution in [1.29, 1.82) is 0 Å². The highest BCUT2D eigenvalue weighted by atomic mass is 32.2. The summed E-state index contributed by atoms with van der Waals surface area (Å²) in [5.41, 5.74) is 1.10. The fourth-order valence-electron chi connectivity index (χ4n) is 2.76. The first-order valence-corrected chi connectivity index (χ1v) is 9.02. The van der Waals surface area contributed by atoms with E-state index in [-0.39, 0.29) is 23.3 Å². The Labute approximate surface area is 127 Å². The molecular formula is C13H17N3O3S2. The van der Waals surface area contributed by atoms with Crippen LogP contribution >= 0.6 is 11.3 Å². The summed E-state index contributed by atoms with van der Waals surface area (Å²) in [5.74, 6) is -0.0151. The molecule has 2 aromatic rings. The highest BCUT2D eigenvalue weighted by molar-refractivity contribution is 7.89. The van der Waals surface area contributed by atoms with Gasteiger partial charge >= 0.3 is 0 Å². The highest BCUT2D eigenvalue weighted by Crippen LogP contribution is 2.36.